The van der Waals surface area contributed by atoms with E-state index in [9.17, 15) is 14.4 Å². The standard InChI is InChI=1S/C25H24N4O3/c30-23(10-9-22-25(32)27-21-8-4-2-6-18(21)24(31)28-22)29-13-11-16(12-14-29)19-15-26-20-7-3-1-5-17(19)20/h1-8,11,15,22,26H,9-10,12-14H2,(H,27,32)(H,28,31). The molecule has 0 bridgehead atoms. The maximum atomic E-state index is 12.8. The minimum Gasteiger partial charge on any atom is -0.361 e. The molecule has 0 aliphatic carbocycles. The first kappa shape index (κ1) is 20.1. The van der Waals surface area contributed by atoms with Crippen LogP contribution in [0, 0.1) is 0 Å². The van der Waals surface area contributed by atoms with Gasteiger partial charge >= 0.3 is 0 Å². The van der Waals surface area contributed by atoms with E-state index < -0.39 is 6.04 Å². The Bertz CT molecular complexity index is 1240. The summed E-state index contributed by atoms with van der Waals surface area (Å²) >= 11 is 0. The number of hydrogen-bond donors (Lipinski definition) is 3. The van der Waals surface area contributed by atoms with Crippen LogP contribution in [0.1, 0.15) is 35.2 Å². The number of fused-ring (bicyclic) bond motifs is 2. The molecule has 3 heterocycles. The summed E-state index contributed by atoms with van der Waals surface area (Å²) in [6, 6.07) is 14.3. The monoisotopic (exact) mass is 428 g/mol. The van der Waals surface area contributed by atoms with E-state index in [1.165, 1.54) is 16.5 Å². The van der Waals surface area contributed by atoms with Crippen molar-refractivity contribution in [2.24, 2.45) is 0 Å². The first-order valence-electron chi connectivity index (χ1n) is 10.8. The van der Waals surface area contributed by atoms with Gasteiger partial charge in [-0.1, -0.05) is 36.4 Å². The van der Waals surface area contributed by atoms with Gasteiger partial charge in [-0.15, -0.1) is 0 Å². The summed E-state index contributed by atoms with van der Waals surface area (Å²) < 4.78 is 0. The van der Waals surface area contributed by atoms with E-state index in [4.69, 9.17) is 0 Å². The summed E-state index contributed by atoms with van der Waals surface area (Å²) in [4.78, 5) is 42.9. The van der Waals surface area contributed by atoms with Crippen molar-refractivity contribution in [2.45, 2.75) is 25.3 Å². The van der Waals surface area contributed by atoms with E-state index in [1.807, 2.05) is 23.2 Å². The van der Waals surface area contributed by atoms with E-state index >= 15 is 0 Å². The maximum absolute atomic E-state index is 12.8. The molecule has 32 heavy (non-hydrogen) atoms. The SMILES string of the molecule is O=C1NC(CCC(=O)N2CC=C(c3c[nH]c4ccccc34)CC2)C(=O)Nc2ccccc21. The molecular formula is C25H24N4O3. The van der Waals surface area contributed by atoms with Crippen molar-refractivity contribution in [3.05, 3.63) is 71.9 Å². The zero-order chi connectivity index (χ0) is 22.1. The molecule has 1 atom stereocenters. The van der Waals surface area contributed by atoms with Gasteiger partial charge in [0.25, 0.3) is 5.91 Å². The molecular weight excluding hydrogens is 404 g/mol. The summed E-state index contributed by atoms with van der Waals surface area (Å²) in [7, 11) is 0. The number of aromatic amines is 1. The molecule has 3 amide bonds. The van der Waals surface area contributed by atoms with Crippen LogP contribution in [0.4, 0.5) is 5.69 Å². The molecule has 0 saturated heterocycles. The minimum atomic E-state index is -0.735. The first-order valence-corrected chi connectivity index (χ1v) is 10.8. The van der Waals surface area contributed by atoms with Crippen molar-refractivity contribution in [3.8, 4) is 0 Å². The van der Waals surface area contributed by atoms with E-state index in [1.54, 1.807) is 24.3 Å². The van der Waals surface area contributed by atoms with Gasteiger partial charge in [0.1, 0.15) is 6.04 Å². The number of amides is 3. The van der Waals surface area contributed by atoms with Crippen LogP contribution in [0.2, 0.25) is 0 Å². The van der Waals surface area contributed by atoms with Crippen LogP contribution in [-0.2, 0) is 9.59 Å². The molecule has 7 heteroatoms. The zero-order valence-electron chi connectivity index (χ0n) is 17.6. The highest BCUT2D eigenvalue weighted by Gasteiger charge is 2.29. The quantitative estimate of drug-likeness (QED) is 0.595. The van der Waals surface area contributed by atoms with Crippen molar-refractivity contribution in [2.75, 3.05) is 18.4 Å². The summed E-state index contributed by atoms with van der Waals surface area (Å²) in [5, 5.41) is 6.72. The number of nitrogens with zero attached hydrogens (tertiary/aromatic N) is 1. The highest BCUT2D eigenvalue weighted by atomic mass is 16.2. The average Bonchev–Trinajstić information content (AvgIpc) is 3.21. The van der Waals surface area contributed by atoms with Crippen LogP contribution in [-0.4, -0.2) is 46.7 Å². The molecule has 5 rings (SSSR count). The Labute approximate surface area is 185 Å². The summed E-state index contributed by atoms with van der Waals surface area (Å²) in [6.45, 7) is 1.18. The fourth-order valence-corrected chi connectivity index (χ4v) is 4.42. The van der Waals surface area contributed by atoms with Gasteiger partial charge in [0.2, 0.25) is 11.8 Å². The van der Waals surface area contributed by atoms with Gasteiger partial charge in [-0.05, 0) is 36.6 Å². The fraction of sp³-hybridized carbons (Fsp3) is 0.240. The van der Waals surface area contributed by atoms with Crippen molar-refractivity contribution >= 4 is 39.9 Å². The number of hydrogen-bond acceptors (Lipinski definition) is 3. The largest absolute Gasteiger partial charge is 0.361 e. The van der Waals surface area contributed by atoms with Crippen LogP contribution >= 0.6 is 0 Å². The van der Waals surface area contributed by atoms with Gasteiger partial charge in [0, 0.05) is 42.2 Å². The second kappa shape index (κ2) is 8.34. The molecule has 0 spiro atoms. The second-order valence-electron chi connectivity index (χ2n) is 8.17. The van der Waals surface area contributed by atoms with E-state index in [2.05, 4.69) is 33.8 Å². The number of benzene rings is 2. The second-order valence-corrected chi connectivity index (χ2v) is 8.17. The number of anilines is 1. The molecule has 2 aromatic carbocycles. The smallest absolute Gasteiger partial charge is 0.254 e. The predicted molar refractivity (Wildman–Crippen MR) is 123 cm³/mol. The predicted octanol–water partition coefficient (Wildman–Crippen LogP) is 3.31. The molecule has 3 aromatic rings. The van der Waals surface area contributed by atoms with Gasteiger partial charge < -0.3 is 20.5 Å². The number of nitrogens with one attached hydrogen (secondary N) is 3. The Morgan fingerprint density at radius 2 is 1.84 bits per heavy atom. The van der Waals surface area contributed by atoms with Crippen LogP contribution in [0.5, 0.6) is 0 Å². The Morgan fingerprint density at radius 3 is 2.69 bits per heavy atom. The van der Waals surface area contributed by atoms with E-state index in [0.717, 1.165) is 11.9 Å². The number of carbonyl (C=O) groups is 3. The Hall–Kier alpha value is -3.87. The van der Waals surface area contributed by atoms with E-state index in [0.29, 0.717) is 24.3 Å². The third-order valence-electron chi connectivity index (χ3n) is 6.20. The Morgan fingerprint density at radius 1 is 1.03 bits per heavy atom. The van der Waals surface area contributed by atoms with E-state index in [-0.39, 0.29) is 30.6 Å². The molecule has 0 saturated carbocycles. The molecule has 0 fully saturated rings. The molecule has 0 radical (unpaired) electrons. The molecule has 162 valence electrons. The van der Waals surface area contributed by atoms with Crippen molar-refractivity contribution < 1.29 is 14.4 Å². The van der Waals surface area contributed by atoms with Crippen molar-refractivity contribution in [1.29, 1.82) is 0 Å². The Kier molecular flexibility index (Phi) is 5.23. The maximum Gasteiger partial charge on any atom is 0.254 e. The van der Waals surface area contributed by atoms with Gasteiger partial charge in [-0.25, -0.2) is 0 Å². The van der Waals surface area contributed by atoms with Crippen molar-refractivity contribution in [1.82, 2.24) is 15.2 Å². The van der Waals surface area contributed by atoms with Crippen LogP contribution < -0.4 is 10.6 Å². The normalized spacial score (nSPS) is 18.4. The van der Waals surface area contributed by atoms with Gasteiger partial charge in [0.15, 0.2) is 0 Å². The number of carbonyl (C=O) groups excluding carboxylic acids is 3. The number of para-hydroxylation sites is 2. The van der Waals surface area contributed by atoms with Gasteiger partial charge in [0.05, 0.1) is 11.3 Å². The number of H-pyrrole nitrogens is 1. The first-order chi connectivity index (χ1) is 15.6. The lowest BCUT2D eigenvalue weighted by molar-refractivity contribution is -0.131. The number of rotatable bonds is 4. The highest BCUT2D eigenvalue weighted by Crippen LogP contribution is 2.29. The third kappa shape index (κ3) is 3.77. The van der Waals surface area contributed by atoms with Crippen LogP contribution in [0.25, 0.3) is 16.5 Å². The lowest BCUT2D eigenvalue weighted by Crippen LogP contribution is -2.42. The molecule has 1 aromatic heterocycles. The summed E-state index contributed by atoms with van der Waals surface area (Å²) in [5.41, 5.74) is 4.45. The van der Waals surface area contributed by atoms with Crippen LogP contribution in [0.3, 0.4) is 0 Å². The molecule has 2 aliphatic rings. The molecule has 2 aliphatic heterocycles. The Balaban J connectivity index is 1.20. The van der Waals surface area contributed by atoms with Crippen LogP contribution in [0.15, 0.2) is 60.8 Å². The lowest BCUT2D eigenvalue weighted by Gasteiger charge is -2.27. The lowest BCUT2D eigenvalue weighted by atomic mass is 9.98. The van der Waals surface area contributed by atoms with Gasteiger partial charge in [-0.3, -0.25) is 14.4 Å². The molecule has 3 N–H and O–H groups in total. The third-order valence-corrected chi connectivity index (χ3v) is 6.20. The topological polar surface area (TPSA) is 94.3 Å². The molecule has 7 nitrogen and oxygen atoms in total. The zero-order valence-corrected chi connectivity index (χ0v) is 17.6. The summed E-state index contributed by atoms with van der Waals surface area (Å²) in [5.74, 6) is -0.611. The highest BCUT2D eigenvalue weighted by molar-refractivity contribution is 6.09. The fourth-order valence-electron chi connectivity index (χ4n) is 4.42. The molecule has 1 unspecified atom stereocenters. The van der Waals surface area contributed by atoms with Crippen molar-refractivity contribution in [3.63, 3.8) is 0 Å². The summed E-state index contributed by atoms with van der Waals surface area (Å²) in [6.07, 6.45) is 5.38. The van der Waals surface area contributed by atoms with Gasteiger partial charge in [-0.2, -0.15) is 0 Å². The minimum absolute atomic E-state index is 0.0111. The average molecular weight is 428 g/mol. The number of aromatic nitrogens is 1.